The number of hydrogen-bond donors (Lipinski definition) is 1. The summed E-state index contributed by atoms with van der Waals surface area (Å²) in [6.07, 6.45) is 5.27. The minimum atomic E-state index is -0.181. The van der Waals surface area contributed by atoms with Crippen molar-refractivity contribution in [1.29, 1.82) is 0 Å². The van der Waals surface area contributed by atoms with Crippen molar-refractivity contribution < 1.29 is 13.9 Å². The lowest BCUT2D eigenvalue weighted by Crippen LogP contribution is -2.38. The molecule has 3 heterocycles. The van der Waals surface area contributed by atoms with Crippen molar-refractivity contribution in [2.24, 2.45) is 0 Å². The number of benzene rings is 2. The number of methoxy groups -OCH3 is 1. The molecule has 1 amide bonds. The SMILES string of the molecule is COc1cccc(-c2cc(C(=O)N3CCCCC3c3ncc(Cc4ccccc4)o3)[nH]n2)c1. The molecular weight excluding hydrogens is 416 g/mol. The summed E-state index contributed by atoms with van der Waals surface area (Å²) in [5, 5.41) is 7.28. The molecule has 1 aliphatic rings. The molecule has 0 radical (unpaired) electrons. The maximum absolute atomic E-state index is 13.4. The maximum Gasteiger partial charge on any atom is 0.272 e. The molecule has 33 heavy (non-hydrogen) atoms. The van der Waals surface area contributed by atoms with E-state index in [0.717, 1.165) is 36.3 Å². The molecule has 7 heteroatoms. The maximum atomic E-state index is 13.4. The second kappa shape index (κ2) is 9.32. The van der Waals surface area contributed by atoms with Gasteiger partial charge in [-0.1, -0.05) is 42.5 Å². The highest BCUT2D eigenvalue weighted by Gasteiger charge is 2.33. The van der Waals surface area contributed by atoms with E-state index in [9.17, 15) is 4.79 Å². The third kappa shape index (κ3) is 4.53. The Hall–Kier alpha value is -3.87. The summed E-state index contributed by atoms with van der Waals surface area (Å²) >= 11 is 0. The number of aromatic nitrogens is 3. The summed E-state index contributed by atoms with van der Waals surface area (Å²) in [7, 11) is 1.63. The molecule has 7 nitrogen and oxygen atoms in total. The average Bonchev–Trinajstić information content (AvgIpc) is 3.55. The minimum absolute atomic E-state index is 0.0934. The fourth-order valence-corrected chi connectivity index (χ4v) is 4.30. The molecule has 168 valence electrons. The van der Waals surface area contributed by atoms with Crippen LogP contribution in [0.5, 0.6) is 5.75 Å². The number of aromatic amines is 1. The predicted octanol–water partition coefficient (Wildman–Crippen LogP) is 5.03. The number of piperidine rings is 1. The molecule has 1 unspecified atom stereocenters. The Morgan fingerprint density at radius 2 is 2.03 bits per heavy atom. The molecule has 0 spiro atoms. The van der Waals surface area contributed by atoms with Crippen LogP contribution in [0.4, 0.5) is 0 Å². The lowest BCUT2D eigenvalue weighted by atomic mass is 10.0. The molecule has 0 saturated carbocycles. The van der Waals surface area contributed by atoms with Crippen molar-refractivity contribution in [2.45, 2.75) is 31.7 Å². The van der Waals surface area contributed by atoms with E-state index < -0.39 is 0 Å². The lowest BCUT2D eigenvalue weighted by Gasteiger charge is -2.33. The van der Waals surface area contributed by atoms with Crippen molar-refractivity contribution in [3.05, 3.63) is 89.8 Å². The van der Waals surface area contributed by atoms with Gasteiger partial charge in [0.1, 0.15) is 23.2 Å². The summed E-state index contributed by atoms with van der Waals surface area (Å²) in [6.45, 7) is 0.660. The minimum Gasteiger partial charge on any atom is -0.497 e. The third-order valence-electron chi connectivity index (χ3n) is 6.02. The van der Waals surface area contributed by atoms with Gasteiger partial charge in [-0.05, 0) is 43.0 Å². The van der Waals surface area contributed by atoms with Crippen LogP contribution in [0.1, 0.15) is 53.0 Å². The van der Waals surface area contributed by atoms with Gasteiger partial charge in [0.05, 0.1) is 19.0 Å². The fourth-order valence-electron chi connectivity index (χ4n) is 4.30. The molecule has 2 aromatic heterocycles. The molecule has 5 rings (SSSR count). The first-order valence-corrected chi connectivity index (χ1v) is 11.2. The summed E-state index contributed by atoms with van der Waals surface area (Å²) in [4.78, 5) is 19.8. The second-order valence-electron chi connectivity index (χ2n) is 8.24. The Morgan fingerprint density at radius 1 is 1.15 bits per heavy atom. The van der Waals surface area contributed by atoms with Crippen LogP contribution < -0.4 is 4.74 Å². The number of nitrogens with zero attached hydrogens (tertiary/aromatic N) is 3. The third-order valence-corrected chi connectivity index (χ3v) is 6.02. The number of hydrogen-bond acceptors (Lipinski definition) is 5. The number of amides is 1. The van der Waals surface area contributed by atoms with Crippen LogP contribution in [0.2, 0.25) is 0 Å². The Balaban J connectivity index is 1.35. The molecule has 0 aliphatic carbocycles. The number of H-pyrrole nitrogens is 1. The van der Waals surface area contributed by atoms with Crippen LogP contribution in [-0.4, -0.2) is 39.6 Å². The summed E-state index contributed by atoms with van der Waals surface area (Å²) in [5.74, 6) is 2.05. The van der Waals surface area contributed by atoms with Crippen LogP contribution in [0.25, 0.3) is 11.3 Å². The second-order valence-corrected chi connectivity index (χ2v) is 8.24. The van der Waals surface area contributed by atoms with Gasteiger partial charge >= 0.3 is 0 Å². The number of nitrogens with one attached hydrogen (secondary N) is 1. The molecule has 0 bridgehead atoms. The Labute approximate surface area is 192 Å². The van der Waals surface area contributed by atoms with Crippen LogP contribution >= 0.6 is 0 Å². The zero-order chi connectivity index (χ0) is 22.6. The highest BCUT2D eigenvalue weighted by molar-refractivity contribution is 5.93. The first kappa shape index (κ1) is 21.0. The topological polar surface area (TPSA) is 84.2 Å². The summed E-state index contributed by atoms with van der Waals surface area (Å²) in [6, 6.07) is 19.4. The van der Waals surface area contributed by atoms with Gasteiger partial charge in [-0.15, -0.1) is 0 Å². The fraction of sp³-hybridized carbons (Fsp3) is 0.269. The Kier molecular flexibility index (Phi) is 5.93. The number of carbonyl (C=O) groups excluding carboxylic acids is 1. The molecule has 4 aromatic rings. The average molecular weight is 443 g/mol. The van der Waals surface area contributed by atoms with Gasteiger partial charge in [0.25, 0.3) is 5.91 Å². The van der Waals surface area contributed by atoms with Gasteiger partial charge in [-0.25, -0.2) is 4.98 Å². The number of rotatable bonds is 6. The van der Waals surface area contributed by atoms with Crippen LogP contribution in [0.3, 0.4) is 0 Å². The number of carbonyl (C=O) groups is 1. The van der Waals surface area contributed by atoms with E-state index in [4.69, 9.17) is 9.15 Å². The van der Waals surface area contributed by atoms with Gasteiger partial charge in [0, 0.05) is 18.5 Å². The number of likely N-dealkylation sites (tertiary alicyclic amines) is 1. The molecule has 1 saturated heterocycles. The van der Waals surface area contributed by atoms with E-state index >= 15 is 0 Å². The van der Waals surface area contributed by atoms with Crippen LogP contribution in [0.15, 0.2) is 71.3 Å². The van der Waals surface area contributed by atoms with E-state index in [1.807, 2.05) is 47.4 Å². The van der Waals surface area contributed by atoms with Gasteiger partial charge in [0.2, 0.25) is 5.89 Å². The van der Waals surface area contributed by atoms with Crippen molar-refractivity contribution in [3.8, 4) is 17.0 Å². The van der Waals surface area contributed by atoms with Crippen LogP contribution in [-0.2, 0) is 6.42 Å². The molecule has 1 atom stereocenters. The molecule has 1 fully saturated rings. The first-order valence-electron chi connectivity index (χ1n) is 11.2. The van der Waals surface area contributed by atoms with Crippen molar-refractivity contribution >= 4 is 5.91 Å². The van der Waals surface area contributed by atoms with E-state index in [-0.39, 0.29) is 11.9 Å². The van der Waals surface area contributed by atoms with E-state index in [0.29, 0.717) is 30.2 Å². The van der Waals surface area contributed by atoms with Crippen molar-refractivity contribution in [1.82, 2.24) is 20.1 Å². The monoisotopic (exact) mass is 442 g/mol. The highest BCUT2D eigenvalue weighted by Crippen LogP contribution is 2.32. The standard InChI is InChI=1S/C26H26N4O3/c1-32-20-11-7-10-19(15-20)22-16-23(29-28-22)26(31)30-13-6-5-12-24(30)25-27-17-21(33-25)14-18-8-3-2-4-9-18/h2-4,7-11,15-17,24H,5-6,12-14H2,1H3,(H,28,29). The normalized spacial score (nSPS) is 16.0. The zero-order valence-electron chi connectivity index (χ0n) is 18.5. The van der Waals surface area contributed by atoms with E-state index in [1.165, 1.54) is 5.56 Å². The lowest BCUT2D eigenvalue weighted by molar-refractivity contribution is 0.0564. The van der Waals surface area contributed by atoms with Crippen LogP contribution in [0, 0.1) is 0 Å². The summed E-state index contributed by atoms with van der Waals surface area (Å²) in [5.41, 5.74) is 3.21. The Morgan fingerprint density at radius 3 is 2.88 bits per heavy atom. The number of oxazole rings is 1. The predicted molar refractivity (Wildman–Crippen MR) is 124 cm³/mol. The smallest absolute Gasteiger partial charge is 0.272 e. The highest BCUT2D eigenvalue weighted by atomic mass is 16.5. The molecular formula is C26H26N4O3. The first-order chi connectivity index (χ1) is 16.2. The van der Waals surface area contributed by atoms with Gasteiger partial charge in [0.15, 0.2) is 0 Å². The van der Waals surface area contributed by atoms with Gasteiger partial charge in [-0.2, -0.15) is 5.10 Å². The molecule has 1 aliphatic heterocycles. The van der Waals surface area contributed by atoms with Crippen molar-refractivity contribution in [3.63, 3.8) is 0 Å². The van der Waals surface area contributed by atoms with Gasteiger partial charge in [-0.3, -0.25) is 9.89 Å². The quantitative estimate of drug-likeness (QED) is 0.453. The zero-order valence-corrected chi connectivity index (χ0v) is 18.5. The van der Waals surface area contributed by atoms with Crippen molar-refractivity contribution in [2.75, 3.05) is 13.7 Å². The molecule has 1 N–H and O–H groups in total. The van der Waals surface area contributed by atoms with E-state index in [2.05, 4.69) is 27.3 Å². The van der Waals surface area contributed by atoms with Gasteiger partial charge < -0.3 is 14.1 Å². The number of ether oxygens (including phenoxy) is 1. The summed E-state index contributed by atoms with van der Waals surface area (Å²) < 4.78 is 11.4. The molecule has 2 aromatic carbocycles. The van der Waals surface area contributed by atoms with E-state index in [1.54, 1.807) is 19.4 Å². The Bertz CT molecular complexity index is 1230. The largest absolute Gasteiger partial charge is 0.497 e.